The normalized spacial score (nSPS) is 16.5. The highest BCUT2D eigenvalue weighted by molar-refractivity contribution is 5.92. The van der Waals surface area contributed by atoms with Crippen molar-refractivity contribution in [3.8, 4) is 5.75 Å². The zero-order valence-electron chi connectivity index (χ0n) is 18.2. The van der Waals surface area contributed by atoms with E-state index in [2.05, 4.69) is 15.4 Å². The molecule has 2 aromatic carbocycles. The number of anilines is 1. The van der Waals surface area contributed by atoms with E-state index in [1.165, 1.54) is 30.4 Å². The molecule has 0 radical (unpaired) electrons. The van der Waals surface area contributed by atoms with Gasteiger partial charge in [-0.25, -0.2) is 4.79 Å². The van der Waals surface area contributed by atoms with Crippen LogP contribution in [0.15, 0.2) is 54.6 Å². The molecule has 33 heavy (non-hydrogen) atoms. The van der Waals surface area contributed by atoms with Gasteiger partial charge in [0, 0.05) is 37.0 Å². The summed E-state index contributed by atoms with van der Waals surface area (Å²) in [7, 11) is 0. The summed E-state index contributed by atoms with van der Waals surface area (Å²) in [6, 6.07) is 12.8. The molecular weight excluding hydrogens is 435 g/mol. The number of alkyl halides is 3. The molecule has 0 bridgehead atoms. The Bertz CT molecular complexity index is 990. The third-order valence-corrected chi connectivity index (χ3v) is 5.24. The van der Waals surface area contributed by atoms with Crippen LogP contribution in [-0.4, -0.2) is 42.8 Å². The van der Waals surface area contributed by atoms with Crippen LogP contribution in [0.25, 0.3) is 6.08 Å². The monoisotopic (exact) mass is 461 g/mol. The second-order valence-electron chi connectivity index (χ2n) is 7.91. The van der Waals surface area contributed by atoms with Gasteiger partial charge in [-0.1, -0.05) is 35.9 Å². The fourth-order valence-corrected chi connectivity index (χ4v) is 3.58. The minimum Gasteiger partial charge on any atom is -0.405 e. The first kappa shape index (κ1) is 24.2. The van der Waals surface area contributed by atoms with Crippen molar-refractivity contribution in [3.63, 3.8) is 0 Å². The fourth-order valence-electron chi connectivity index (χ4n) is 3.58. The first-order chi connectivity index (χ1) is 15.7. The summed E-state index contributed by atoms with van der Waals surface area (Å²) in [5.74, 6) is -0.583. The van der Waals surface area contributed by atoms with Crippen molar-refractivity contribution >= 4 is 23.7 Å². The molecular formula is C24H26F3N3O3. The zero-order valence-corrected chi connectivity index (χ0v) is 18.2. The van der Waals surface area contributed by atoms with Gasteiger partial charge >= 0.3 is 12.4 Å². The summed E-state index contributed by atoms with van der Waals surface area (Å²) in [5.41, 5.74) is 1.95. The van der Waals surface area contributed by atoms with Crippen LogP contribution in [0.3, 0.4) is 0 Å². The van der Waals surface area contributed by atoms with Gasteiger partial charge in [0.2, 0.25) is 5.91 Å². The lowest BCUT2D eigenvalue weighted by Gasteiger charge is -2.32. The lowest BCUT2D eigenvalue weighted by Crippen LogP contribution is -2.43. The van der Waals surface area contributed by atoms with Gasteiger partial charge in [0.1, 0.15) is 5.75 Å². The number of ether oxygens (including phenoxy) is 1. The second-order valence-corrected chi connectivity index (χ2v) is 7.91. The molecule has 1 saturated heterocycles. The number of amides is 3. The van der Waals surface area contributed by atoms with Crippen LogP contribution in [0.2, 0.25) is 0 Å². The number of nitrogens with zero attached hydrogens (tertiary/aromatic N) is 1. The molecule has 2 aromatic rings. The quantitative estimate of drug-likeness (QED) is 0.597. The first-order valence-electron chi connectivity index (χ1n) is 10.6. The van der Waals surface area contributed by atoms with Crippen LogP contribution in [0, 0.1) is 12.8 Å². The highest BCUT2D eigenvalue weighted by Gasteiger charge is 2.31. The van der Waals surface area contributed by atoms with E-state index in [4.69, 9.17) is 0 Å². The number of nitrogens with one attached hydrogen (secondary N) is 2. The molecule has 0 aliphatic carbocycles. The maximum absolute atomic E-state index is 12.6. The number of piperidine rings is 1. The van der Waals surface area contributed by atoms with Crippen molar-refractivity contribution < 1.29 is 27.5 Å². The van der Waals surface area contributed by atoms with Crippen LogP contribution in [0.4, 0.5) is 23.7 Å². The van der Waals surface area contributed by atoms with E-state index in [0.29, 0.717) is 25.3 Å². The summed E-state index contributed by atoms with van der Waals surface area (Å²) in [6.45, 7) is 3.38. The van der Waals surface area contributed by atoms with E-state index >= 15 is 0 Å². The number of benzene rings is 2. The Balaban J connectivity index is 1.51. The molecule has 1 atom stereocenters. The Morgan fingerprint density at radius 1 is 1.15 bits per heavy atom. The Morgan fingerprint density at radius 3 is 2.61 bits per heavy atom. The highest BCUT2D eigenvalue weighted by atomic mass is 19.4. The van der Waals surface area contributed by atoms with Crippen LogP contribution in [-0.2, 0) is 4.79 Å². The number of urea groups is 1. The van der Waals surface area contributed by atoms with Gasteiger partial charge in [0.25, 0.3) is 0 Å². The van der Waals surface area contributed by atoms with Gasteiger partial charge < -0.3 is 20.3 Å². The number of halogens is 3. The smallest absolute Gasteiger partial charge is 0.405 e. The van der Waals surface area contributed by atoms with E-state index in [9.17, 15) is 22.8 Å². The molecule has 1 aliphatic heterocycles. The maximum atomic E-state index is 12.6. The summed E-state index contributed by atoms with van der Waals surface area (Å²) >= 11 is 0. The van der Waals surface area contributed by atoms with Gasteiger partial charge in [-0.15, -0.1) is 13.2 Å². The number of likely N-dealkylation sites (tertiary alicyclic amines) is 1. The van der Waals surface area contributed by atoms with E-state index < -0.39 is 6.36 Å². The fraction of sp³-hybridized carbons (Fsp3) is 0.333. The summed E-state index contributed by atoms with van der Waals surface area (Å²) < 4.78 is 41.7. The number of rotatable bonds is 6. The summed E-state index contributed by atoms with van der Waals surface area (Å²) in [4.78, 5) is 26.4. The lowest BCUT2D eigenvalue weighted by molar-refractivity contribution is -0.274. The number of para-hydroxylation sites is 1. The van der Waals surface area contributed by atoms with Gasteiger partial charge in [-0.3, -0.25) is 4.79 Å². The molecule has 0 saturated carbocycles. The molecule has 0 aromatic heterocycles. The zero-order chi connectivity index (χ0) is 23.8. The van der Waals surface area contributed by atoms with Crippen molar-refractivity contribution in [2.75, 3.05) is 25.0 Å². The van der Waals surface area contributed by atoms with Crippen molar-refractivity contribution in [3.05, 3.63) is 65.7 Å². The van der Waals surface area contributed by atoms with Gasteiger partial charge in [0.15, 0.2) is 0 Å². The predicted molar refractivity (Wildman–Crippen MR) is 120 cm³/mol. The third kappa shape index (κ3) is 7.85. The number of hydrogen-bond donors (Lipinski definition) is 2. The summed E-state index contributed by atoms with van der Waals surface area (Å²) in [5, 5.41) is 5.60. The van der Waals surface area contributed by atoms with E-state index in [1.54, 1.807) is 11.0 Å². The number of carbonyl (C=O) groups is 2. The molecule has 176 valence electrons. The van der Waals surface area contributed by atoms with Crippen molar-refractivity contribution in [1.29, 1.82) is 0 Å². The van der Waals surface area contributed by atoms with E-state index in [1.807, 2.05) is 31.2 Å². The van der Waals surface area contributed by atoms with Gasteiger partial charge in [-0.2, -0.15) is 0 Å². The van der Waals surface area contributed by atoms with E-state index in [-0.39, 0.29) is 29.2 Å². The second kappa shape index (κ2) is 10.9. The molecule has 6 nitrogen and oxygen atoms in total. The van der Waals surface area contributed by atoms with Crippen LogP contribution in [0.5, 0.6) is 5.75 Å². The van der Waals surface area contributed by atoms with Crippen LogP contribution < -0.4 is 15.4 Å². The molecule has 2 N–H and O–H groups in total. The minimum atomic E-state index is -4.81. The lowest BCUT2D eigenvalue weighted by atomic mass is 9.98. The number of carbonyl (C=O) groups excluding carboxylic acids is 2. The maximum Gasteiger partial charge on any atom is 0.573 e. The average molecular weight is 461 g/mol. The van der Waals surface area contributed by atoms with Crippen molar-refractivity contribution in [1.82, 2.24) is 10.2 Å². The number of hydrogen-bond acceptors (Lipinski definition) is 3. The minimum absolute atomic E-state index is 0.0840. The number of aryl methyl sites for hydroxylation is 1. The Labute approximate surface area is 190 Å². The Kier molecular flexibility index (Phi) is 7.97. The standard InChI is InChI=1S/C24H26F3N3O3/c1-17-8-11-20(12-9-17)29-23(32)28-15-18-5-4-14-30(16-18)22(31)13-10-19-6-2-3-7-21(19)33-24(25,26)27/h2-3,6-13,18H,4-5,14-16H2,1H3,(H2,28,29,32). The van der Waals surface area contributed by atoms with Crippen molar-refractivity contribution in [2.45, 2.75) is 26.1 Å². The molecule has 1 unspecified atom stereocenters. The first-order valence-corrected chi connectivity index (χ1v) is 10.6. The Hall–Kier alpha value is -3.49. The largest absolute Gasteiger partial charge is 0.573 e. The molecule has 3 rings (SSSR count). The average Bonchev–Trinajstić information content (AvgIpc) is 2.77. The van der Waals surface area contributed by atoms with Crippen LogP contribution in [0.1, 0.15) is 24.0 Å². The highest BCUT2D eigenvalue weighted by Crippen LogP contribution is 2.27. The predicted octanol–water partition coefficient (Wildman–Crippen LogP) is 4.97. The van der Waals surface area contributed by atoms with Gasteiger partial charge in [0.05, 0.1) is 0 Å². The topological polar surface area (TPSA) is 70.7 Å². The molecule has 3 amide bonds. The molecule has 0 spiro atoms. The summed E-state index contributed by atoms with van der Waals surface area (Å²) in [6.07, 6.45) is -0.606. The SMILES string of the molecule is Cc1ccc(NC(=O)NCC2CCCN(C(=O)C=Cc3ccccc3OC(F)(F)F)C2)cc1. The third-order valence-electron chi connectivity index (χ3n) is 5.24. The Morgan fingerprint density at radius 2 is 1.88 bits per heavy atom. The molecule has 9 heteroatoms. The van der Waals surface area contributed by atoms with E-state index in [0.717, 1.165) is 18.4 Å². The van der Waals surface area contributed by atoms with Crippen molar-refractivity contribution in [2.24, 2.45) is 5.92 Å². The molecule has 1 fully saturated rings. The van der Waals surface area contributed by atoms with Gasteiger partial charge in [-0.05, 0) is 50.0 Å². The van der Waals surface area contributed by atoms with Crippen LogP contribution >= 0.6 is 0 Å². The molecule has 1 aliphatic rings. The molecule has 1 heterocycles.